The van der Waals surface area contributed by atoms with Crippen molar-refractivity contribution in [1.82, 2.24) is 4.31 Å². The Morgan fingerprint density at radius 2 is 1.81 bits per heavy atom. The lowest BCUT2D eigenvalue weighted by Gasteiger charge is -2.20. The molecule has 0 radical (unpaired) electrons. The van der Waals surface area contributed by atoms with Gasteiger partial charge in [-0.2, -0.15) is 4.31 Å². The molecular formula is C25H27N3O6S2. The molecule has 0 aliphatic rings. The molecule has 2 aromatic heterocycles. The van der Waals surface area contributed by atoms with Crippen molar-refractivity contribution in [3.05, 3.63) is 85.4 Å². The van der Waals surface area contributed by atoms with E-state index in [9.17, 15) is 23.1 Å². The van der Waals surface area contributed by atoms with E-state index in [1.165, 1.54) is 9.69 Å². The van der Waals surface area contributed by atoms with E-state index in [2.05, 4.69) is 10.6 Å². The maximum atomic E-state index is 13.3. The Hall–Kier alpha value is -3.41. The molecule has 4 aromatic rings. The summed E-state index contributed by atoms with van der Waals surface area (Å²) >= 11 is 0.839. The summed E-state index contributed by atoms with van der Waals surface area (Å²) in [6, 6.07) is 10.7. The summed E-state index contributed by atoms with van der Waals surface area (Å²) in [7, 11) is -4.01. The molecule has 11 heteroatoms. The molecule has 0 saturated carbocycles. The lowest BCUT2D eigenvalue weighted by atomic mass is 10.1. The zero-order valence-electron chi connectivity index (χ0n) is 20.1. The van der Waals surface area contributed by atoms with Gasteiger partial charge in [-0.15, -0.1) is 11.3 Å². The van der Waals surface area contributed by atoms with Gasteiger partial charge in [-0.3, -0.25) is 9.59 Å². The highest BCUT2D eigenvalue weighted by Gasteiger charge is 2.31. The van der Waals surface area contributed by atoms with Crippen LogP contribution in [0.25, 0.3) is 0 Å². The van der Waals surface area contributed by atoms with Crippen molar-refractivity contribution in [1.29, 1.82) is 0 Å². The Labute approximate surface area is 212 Å². The van der Waals surface area contributed by atoms with Crippen molar-refractivity contribution in [3.8, 4) is 5.75 Å². The molecule has 9 nitrogen and oxygen atoms in total. The molecule has 36 heavy (non-hydrogen) atoms. The number of aryl methyl sites for hydroxylation is 1. The van der Waals surface area contributed by atoms with Crippen LogP contribution >= 0.6 is 11.3 Å². The highest BCUT2D eigenvalue weighted by molar-refractivity contribution is 7.91. The fourth-order valence-corrected chi connectivity index (χ4v) is 6.66. The van der Waals surface area contributed by atoms with Crippen LogP contribution < -0.4 is 21.5 Å². The molecule has 0 aliphatic carbocycles. The Balaban J connectivity index is 1.58. The van der Waals surface area contributed by atoms with E-state index >= 15 is 0 Å². The molecule has 0 bridgehead atoms. The maximum absolute atomic E-state index is 13.3. The van der Waals surface area contributed by atoms with E-state index < -0.39 is 26.6 Å². The van der Waals surface area contributed by atoms with E-state index in [4.69, 9.17) is 4.42 Å². The fourth-order valence-electron chi connectivity index (χ4n) is 3.84. The normalized spacial score (nSPS) is 12.8. The molecule has 0 saturated heterocycles. The van der Waals surface area contributed by atoms with E-state index in [-0.39, 0.29) is 40.4 Å². The molecule has 2 aromatic carbocycles. The maximum Gasteiger partial charge on any atom is 0.256 e. The topological polar surface area (TPSA) is 129 Å². The van der Waals surface area contributed by atoms with Gasteiger partial charge in [0, 0.05) is 18.5 Å². The van der Waals surface area contributed by atoms with Gasteiger partial charge in [-0.25, -0.2) is 8.42 Å². The first-order valence-corrected chi connectivity index (χ1v) is 13.8. The number of hydrogen-bond donors (Lipinski definition) is 3. The van der Waals surface area contributed by atoms with Gasteiger partial charge < -0.3 is 20.2 Å². The average molecular weight is 530 g/mol. The second-order valence-corrected chi connectivity index (χ2v) is 11.4. The van der Waals surface area contributed by atoms with Crippen LogP contribution in [0.3, 0.4) is 0 Å². The highest BCUT2D eigenvalue weighted by atomic mass is 32.2. The smallest absolute Gasteiger partial charge is 0.256 e. The molecule has 1 atom stereocenters. The Morgan fingerprint density at radius 3 is 2.42 bits per heavy atom. The van der Waals surface area contributed by atoms with Crippen LogP contribution in [-0.2, 0) is 16.6 Å². The summed E-state index contributed by atoms with van der Waals surface area (Å²) in [5, 5.41) is 18.0. The highest BCUT2D eigenvalue weighted by Crippen LogP contribution is 2.41. The first-order chi connectivity index (χ1) is 17.2. The number of sulfonamides is 1. The number of rotatable bonds is 11. The number of thiophene rings is 1. The van der Waals surface area contributed by atoms with E-state index in [1.807, 2.05) is 50.2 Å². The molecule has 2 heterocycles. The molecule has 0 fully saturated rings. The van der Waals surface area contributed by atoms with E-state index in [0.29, 0.717) is 12.2 Å². The number of furan rings is 1. The minimum atomic E-state index is -4.01. The Bertz CT molecular complexity index is 1530. The van der Waals surface area contributed by atoms with Crippen LogP contribution in [0, 0.1) is 6.92 Å². The molecule has 3 N–H and O–H groups in total. The zero-order chi connectivity index (χ0) is 26.0. The lowest BCUT2D eigenvalue weighted by Crippen LogP contribution is -2.37. The summed E-state index contributed by atoms with van der Waals surface area (Å²) in [4.78, 5) is 24.6. The number of nitrogens with zero attached hydrogens (tertiary/aromatic N) is 1. The quantitative estimate of drug-likeness (QED) is 0.243. The minimum absolute atomic E-state index is 0.0320. The SMILES string of the molecule is CC[C@@H](Nc1c(Nc2csc(S(=O)(=O)N(CC)Cc3ccccc3)c2O)c(=O)c1=O)c1cc(C)co1. The van der Waals surface area contributed by atoms with Crippen molar-refractivity contribution in [2.24, 2.45) is 0 Å². The van der Waals surface area contributed by atoms with Crippen LogP contribution in [-0.4, -0.2) is 24.4 Å². The molecule has 4 rings (SSSR count). The van der Waals surface area contributed by atoms with Gasteiger partial charge in [0.05, 0.1) is 18.0 Å². The molecule has 0 spiro atoms. The summed E-state index contributed by atoms with van der Waals surface area (Å²) in [5.74, 6) is 0.123. The van der Waals surface area contributed by atoms with Crippen molar-refractivity contribution < 1.29 is 17.9 Å². The van der Waals surface area contributed by atoms with Gasteiger partial charge in [0.15, 0.2) is 9.96 Å². The van der Waals surface area contributed by atoms with Gasteiger partial charge in [0.25, 0.3) is 20.9 Å². The first kappa shape index (κ1) is 25.7. The second kappa shape index (κ2) is 10.3. The fraction of sp³-hybridized carbons (Fsp3) is 0.280. The van der Waals surface area contributed by atoms with Crippen molar-refractivity contribution >= 4 is 38.4 Å². The number of aromatic hydroxyl groups is 1. The largest absolute Gasteiger partial charge is 0.504 e. The standard InChI is InChI=1S/C25H27N3O6S2/c1-4-17(19-11-15(3)13-34-19)26-20-21(24(31)23(20)30)27-18-14-35-25(22(18)29)36(32,33)28(5-2)12-16-9-7-6-8-10-16/h6-11,13-14,17,26-27,29H,4-5,12H2,1-3H3/t17-/m1/s1. The van der Waals surface area contributed by atoms with Gasteiger partial charge in [-0.1, -0.05) is 44.2 Å². The molecular weight excluding hydrogens is 502 g/mol. The summed E-state index contributed by atoms with van der Waals surface area (Å²) in [6.07, 6.45) is 2.19. The number of anilines is 3. The second-order valence-electron chi connectivity index (χ2n) is 8.37. The summed E-state index contributed by atoms with van der Waals surface area (Å²) in [5.41, 5.74) is 0.365. The predicted molar refractivity (Wildman–Crippen MR) is 140 cm³/mol. The molecule has 0 amide bonds. The third kappa shape index (κ3) is 4.81. The minimum Gasteiger partial charge on any atom is -0.504 e. The van der Waals surface area contributed by atoms with E-state index in [0.717, 1.165) is 22.5 Å². The van der Waals surface area contributed by atoms with Gasteiger partial charge in [0.1, 0.15) is 17.1 Å². The lowest BCUT2D eigenvalue weighted by molar-refractivity contribution is 0.417. The van der Waals surface area contributed by atoms with Gasteiger partial charge >= 0.3 is 0 Å². The van der Waals surface area contributed by atoms with Crippen LogP contribution in [0.2, 0.25) is 0 Å². The van der Waals surface area contributed by atoms with Crippen LogP contribution in [0.1, 0.15) is 43.2 Å². The van der Waals surface area contributed by atoms with Gasteiger partial charge in [-0.05, 0) is 30.5 Å². The Morgan fingerprint density at radius 1 is 1.11 bits per heavy atom. The third-order valence-electron chi connectivity index (χ3n) is 5.85. The monoisotopic (exact) mass is 529 g/mol. The molecule has 190 valence electrons. The number of hydrogen-bond acceptors (Lipinski definition) is 9. The van der Waals surface area contributed by atoms with Crippen molar-refractivity contribution in [3.63, 3.8) is 0 Å². The van der Waals surface area contributed by atoms with E-state index in [1.54, 1.807) is 13.2 Å². The predicted octanol–water partition coefficient (Wildman–Crippen LogP) is 4.47. The zero-order valence-corrected chi connectivity index (χ0v) is 21.7. The van der Waals surface area contributed by atoms with Crippen molar-refractivity contribution in [2.45, 2.75) is 44.0 Å². The molecule has 0 unspecified atom stereocenters. The number of benzene rings is 1. The van der Waals surface area contributed by atoms with Crippen LogP contribution in [0.4, 0.5) is 17.1 Å². The summed E-state index contributed by atoms with van der Waals surface area (Å²) < 4.78 is 33.1. The summed E-state index contributed by atoms with van der Waals surface area (Å²) in [6.45, 7) is 5.86. The average Bonchev–Trinajstić information content (AvgIpc) is 3.47. The van der Waals surface area contributed by atoms with Crippen LogP contribution in [0.5, 0.6) is 5.75 Å². The van der Waals surface area contributed by atoms with Crippen molar-refractivity contribution in [2.75, 3.05) is 17.2 Å². The van der Waals surface area contributed by atoms with Gasteiger partial charge in [0.2, 0.25) is 0 Å². The molecule has 0 aliphatic heterocycles. The number of nitrogens with one attached hydrogen (secondary N) is 2. The Kier molecular flexibility index (Phi) is 7.34. The van der Waals surface area contributed by atoms with Crippen LogP contribution in [0.15, 0.2) is 66.3 Å². The first-order valence-electron chi connectivity index (χ1n) is 11.4. The third-order valence-corrected chi connectivity index (χ3v) is 9.26.